The van der Waals surface area contributed by atoms with Crippen molar-refractivity contribution in [3.05, 3.63) is 63.2 Å². The van der Waals surface area contributed by atoms with E-state index < -0.39 is 14.9 Å². The van der Waals surface area contributed by atoms with Crippen molar-refractivity contribution in [3.8, 4) is 0 Å². The van der Waals surface area contributed by atoms with Crippen molar-refractivity contribution in [1.82, 2.24) is 4.31 Å². The van der Waals surface area contributed by atoms with Crippen LogP contribution in [0.4, 0.5) is 11.4 Å². The first-order chi connectivity index (χ1) is 11.2. The third kappa shape index (κ3) is 4.02. The SMILES string of the molecule is CN(C)S(=O)(=O)c1cccc(CNc2ccc(Cl)c([N+](=O)[O-])c2)c1. The lowest BCUT2D eigenvalue weighted by Gasteiger charge is -2.13. The van der Waals surface area contributed by atoms with Gasteiger partial charge in [-0.1, -0.05) is 23.7 Å². The number of halogens is 1. The van der Waals surface area contributed by atoms with E-state index in [1.165, 1.54) is 32.3 Å². The zero-order chi connectivity index (χ0) is 17.9. The number of nitro groups is 1. The smallest absolute Gasteiger partial charge is 0.289 e. The Balaban J connectivity index is 2.19. The van der Waals surface area contributed by atoms with Crippen molar-refractivity contribution in [1.29, 1.82) is 0 Å². The van der Waals surface area contributed by atoms with Crippen LogP contribution in [0.1, 0.15) is 5.56 Å². The van der Waals surface area contributed by atoms with Gasteiger partial charge in [-0.3, -0.25) is 10.1 Å². The predicted molar refractivity (Wildman–Crippen MR) is 92.7 cm³/mol. The number of nitro benzene ring substituents is 1. The average Bonchev–Trinajstić information content (AvgIpc) is 2.54. The van der Waals surface area contributed by atoms with Crippen LogP contribution in [0.2, 0.25) is 5.02 Å². The van der Waals surface area contributed by atoms with Gasteiger partial charge < -0.3 is 5.32 Å². The summed E-state index contributed by atoms with van der Waals surface area (Å²) in [5, 5.41) is 14.0. The highest BCUT2D eigenvalue weighted by Crippen LogP contribution is 2.27. The third-order valence-corrected chi connectivity index (χ3v) is 5.45. The van der Waals surface area contributed by atoms with Gasteiger partial charge in [0.05, 0.1) is 9.82 Å². The number of sulfonamides is 1. The molecule has 0 aliphatic rings. The lowest BCUT2D eigenvalue weighted by molar-refractivity contribution is -0.384. The molecule has 0 saturated carbocycles. The highest BCUT2D eigenvalue weighted by Gasteiger charge is 2.17. The number of hydrogen-bond acceptors (Lipinski definition) is 5. The molecule has 2 aromatic carbocycles. The number of rotatable bonds is 6. The van der Waals surface area contributed by atoms with Gasteiger partial charge in [0.2, 0.25) is 10.0 Å². The zero-order valence-electron chi connectivity index (χ0n) is 13.1. The molecule has 0 spiro atoms. The van der Waals surface area contributed by atoms with Gasteiger partial charge >= 0.3 is 0 Å². The number of benzene rings is 2. The minimum Gasteiger partial charge on any atom is -0.381 e. The van der Waals surface area contributed by atoms with Gasteiger partial charge in [0.25, 0.3) is 5.69 Å². The maximum Gasteiger partial charge on any atom is 0.289 e. The minimum absolute atomic E-state index is 0.0598. The monoisotopic (exact) mass is 369 g/mol. The molecule has 0 unspecified atom stereocenters. The van der Waals surface area contributed by atoms with Gasteiger partial charge in [-0.15, -0.1) is 0 Å². The fourth-order valence-corrected chi connectivity index (χ4v) is 3.15. The van der Waals surface area contributed by atoms with Crippen LogP contribution in [0.5, 0.6) is 0 Å². The van der Waals surface area contributed by atoms with Crippen LogP contribution in [0.3, 0.4) is 0 Å². The van der Waals surface area contributed by atoms with E-state index in [-0.39, 0.29) is 15.6 Å². The molecule has 0 aliphatic carbocycles. The van der Waals surface area contributed by atoms with Crippen molar-refractivity contribution in [2.45, 2.75) is 11.4 Å². The molecule has 0 heterocycles. The molecule has 2 aromatic rings. The van der Waals surface area contributed by atoms with E-state index in [1.807, 2.05) is 0 Å². The zero-order valence-corrected chi connectivity index (χ0v) is 14.6. The Morgan fingerprint density at radius 1 is 1.21 bits per heavy atom. The first-order valence-corrected chi connectivity index (χ1v) is 8.73. The summed E-state index contributed by atoms with van der Waals surface area (Å²) in [6.45, 7) is 0.315. The van der Waals surface area contributed by atoms with Gasteiger partial charge in [-0.2, -0.15) is 0 Å². The Bertz CT molecular complexity index is 869. The first-order valence-electron chi connectivity index (χ1n) is 6.91. The summed E-state index contributed by atoms with van der Waals surface area (Å²) >= 11 is 5.77. The first kappa shape index (κ1) is 18.2. The Morgan fingerprint density at radius 3 is 2.54 bits per heavy atom. The van der Waals surface area contributed by atoms with Crippen molar-refractivity contribution in [2.75, 3.05) is 19.4 Å². The normalized spacial score (nSPS) is 11.5. The molecule has 0 radical (unpaired) electrons. The van der Waals surface area contributed by atoms with E-state index in [2.05, 4.69) is 5.32 Å². The van der Waals surface area contributed by atoms with E-state index >= 15 is 0 Å². The summed E-state index contributed by atoms with van der Waals surface area (Å²) in [5.74, 6) is 0. The van der Waals surface area contributed by atoms with Gasteiger partial charge in [0, 0.05) is 32.4 Å². The fourth-order valence-electron chi connectivity index (χ4n) is 1.99. The van der Waals surface area contributed by atoms with Gasteiger partial charge in [0.1, 0.15) is 5.02 Å². The van der Waals surface area contributed by atoms with Crippen LogP contribution in [-0.2, 0) is 16.6 Å². The number of hydrogen-bond donors (Lipinski definition) is 1. The van der Waals surface area contributed by atoms with Crippen molar-refractivity contribution >= 4 is 33.0 Å². The molecule has 9 heteroatoms. The van der Waals surface area contributed by atoms with E-state index in [0.717, 1.165) is 9.87 Å². The maximum absolute atomic E-state index is 12.1. The summed E-state index contributed by atoms with van der Waals surface area (Å²) < 4.78 is 25.4. The molecule has 0 aromatic heterocycles. The Hall–Kier alpha value is -2.16. The highest BCUT2D eigenvalue weighted by molar-refractivity contribution is 7.89. The summed E-state index contributed by atoms with van der Waals surface area (Å²) in [5.41, 5.74) is 1.06. The van der Waals surface area contributed by atoms with Crippen LogP contribution in [0.15, 0.2) is 47.4 Å². The number of nitrogens with one attached hydrogen (secondary N) is 1. The second-order valence-corrected chi connectivity index (χ2v) is 7.77. The molecule has 0 fully saturated rings. The molecule has 0 atom stereocenters. The minimum atomic E-state index is -3.51. The highest BCUT2D eigenvalue weighted by atomic mass is 35.5. The molecule has 128 valence electrons. The van der Waals surface area contributed by atoms with Gasteiger partial charge in [-0.05, 0) is 29.8 Å². The summed E-state index contributed by atoms with van der Waals surface area (Å²) in [6.07, 6.45) is 0. The molecular weight excluding hydrogens is 354 g/mol. The number of anilines is 1. The summed E-state index contributed by atoms with van der Waals surface area (Å²) in [6, 6.07) is 10.9. The standard InChI is InChI=1S/C15H16ClN3O4S/c1-18(2)24(22,23)13-5-3-4-11(8-13)10-17-12-6-7-14(16)15(9-12)19(20)21/h3-9,17H,10H2,1-2H3. The fraction of sp³-hybridized carbons (Fsp3) is 0.200. The quantitative estimate of drug-likeness (QED) is 0.623. The average molecular weight is 370 g/mol. The van der Waals surface area contributed by atoms with E-state index in [4.69, 9.17) is 11.6 Å². The second kappa shape index (κ2) is 7.16. The van der Waals surface area contributed by atoms with E-state index in [0.29, 0.717) is 12.2 Å². The van der Waals surface area contributed by atoms with Crippen molar-refractivity contribution in [2.24, 2.45) is 0 Å². The Labute approximate surface area is 145 Å². The third-order valence-electron chi connectivity index (χ3n) is 3.32. The van der Waals surface area contributed by atoms with Crippen LogP contribution in [-0.4, -0.2) is 31.7 Å². The molecule has 7 nitrogen and oxygen atoms in total. The molecule has 0 amide bonds. The number of nitrogens with zero attached hydrogens (tertiary/aromatic N) is 2. The predicted octanol–water partition coefficient (Wildman–Crippen LogP) is 3.11. The van der Waals surface area contributed by atoms with Crippen LogP contribution in [0, 0.1) is 10.1 Å². The Kier molecular flexibility index (Phi) is 5.43. The largest absolute Gasteiger partial charge is 0.381 e. The summed E-state index contributed by atoms with van der Waals surface area (Å²) in [7, 11) is -0.576. The molecule has 2 rings (SSSR count). The maximum atomic E-state index is 12.1. The topological polar surface area (TPSA) is 92.6 Å². The molecule has 0 aliphatic heterocycles. The lowest BCUT2D eigenvalue weighted by atomic mass is 10.2. The molecule has 24 heavy (non-hydrogen) atoms. The van der Waals surface area contributed by atoms with Crippen LogP contribution in [0.25, 0.3) is 0 Å². The van der Waals surface area contributed by atoms with Crippen LogP contribution < -0.4 is 5.32 Å². The van der Waals surface area contributed by atoms with Gasteiger partial charge in [-0.25, -0.2) is 12.7 Å². The van der Waals surface area contributed by atoms with Crippen molar-refractivity contribution in [3.63, 3.8) is 0 Å². The van der Waals surface area contributed by atoms with Crippen molar-refractivity contribution < 1.29 is 13.3 Å². The van der Waals surface area contributed by atoms with Gasteiger partial charge in [0.15, 0.2) is 0 Å². The second-order valence-electron chi connectivity index (χ2n) is 5.21. The van der Waals surface area contributed by atoms with E-state index in [1.54, 1.807) is 24.3 Å². The molecule has 1 N–H and O–H groups in total. The molecule has 0 saturated heterocycles. The molecule has 0 bridgehead atoms. The Morgan fingerprint density at radius 2 is 1.92 bits per heavy atom. The van der Waals surface area contributed by atoms with Crippen LogP contribution >= 0.6 is 11.6 Å². The summed E-state index contributed by atoms with van der Waals surface area (Å²) in [4.78, 5) is 10.5. The lowest BCUT2D eigenvalue weighted by Crippen LogP contribution is -2.22. The van der Waals surface area contributed by atoms with E-state index in [9.17, 15) is 18.5 Å². The molecular formula is C15H16ClN3O4S.